The first-order valence-electron chi connectivity index (χ1n) is 5.46. The minimum Gasteiger partial charge on any atom is -0.393 e. The van der Waals surface area contributed by atoms with E-state index in [1.807, 2.05) is 6.92 Å². The standard InChI is InChI=1S/C10H18N4O2/c1-3-8-9(10(11)16)12-13-14(8)6-4-5-7(2)15/h7,15H,3-6H2,1-2H3,(H2,11,16). The molecule has 0 fully saturated rings. The largest absolute Gasteiger partial charge is 0.393 e. The summed E-state index contributed by atoms with van der Waals surface area (Å²) in [6, 6.07) is 0. The fraction of sp³-hybridized carbons (Fsp3) is 0.700. The Bertz CT molecular complexity index is 360. The highest BCUT2D eigenvalue weighted by Crippen LogP contribution is 2.08. The summed E-state index contributed by atoms with van der Waals surface area (Å²) in [5, 5.41) is 16.8. The van der Waals surface area contributed by atoms with E-state index in [2.05, 4.69) is 10.3 Å². The Labute approximate surface area is 94.4 Å². The van der Waals surface area contributed by atoms with Crippen LogP contribution >= 0.6 is 0 Å². The molecular weight excluding hydrogens is 208 g/mol. The molecule has 0 aromatic carbocycles. The molecule has 0 saturated heterocycles. The van der Waals surface area contributed by atoms with Gasteiger partial charge in [0.05, 0.1) is 11.8 Å². The maximum Gasteiger partial charge on any atom is 0.271 e. The van der Waals surface area contributed by atoms with Crippen LogP contribution in [0.15, 0.2) is 0 Å². The Balaban J connectivity index is 2.69. The van der Waals surface area contributed by atoms with Crippen LogP contribution in [-0.4, -0.2) is 32.1 Å². The smallest absolute Gasteiger partial charge is 0.271 e. The number of hydrogen-bond donors (Lipinski definition) is 2. The summed E-state index contributed by atoms with van der Waals surface area (Å²) < 4.78 is 1.68. The fourth-order valence-electron chi connectivity index (χ4n) is 1.59. The zero-order chi connectivity index (χ0) is 12.1. The molecule has 0 aliphatic heterocycles. The Morgan fingerprint density at radius 3 is 2.81 bits per heavy atom. The van der Waals surface area contributed by atoms with Crippen molar-refractivity contribution in [3.8, 4) is 0 Å². The molecule has 0 spiro atoms. The number of aromatic nitrogens is 3. The fourth-order valence-corrected chi connectivity index (χ4v) is 1.59. The molecule has 16 heavy (non-hydrogen) atoms. The van der Waals surface area contributed by atoms with Gasteiger partial charge in [0.1, 0.15) is 0 Å². The van der Waals surface area contributed by atoms with Crippen molar-refractivity contribution < 1.29 is 9.90 Å². The highest BCUT2D eigenvalue weighted by molar-refractivity contribution is 5.91. The highest BCUT2D eigenvalue weighted by Gasteiger charge is 2.15. The van der Waals surface area contributed by atoms with E-state index in [-0.39, 0.29) is 11.8 Å². The second-order valence-electron chi connectivity index (χ2n) is 3.82. The van der Waals surface area contributed by atoms with Crippen molar-refractivity contribution in [3.05, 3.63) is 11.4 Å². The van der Waals surface area contributed by atoms with Gasteiger partial charge in [0.2, 0.25) is 0 Å². The maximum atomic E-state index is 11.0. The summed E-state index contributed by atoms with van der Waals surface area (Å²) in [5.41, 5.74) is 6.20. The van der Waals surface area contributed by atoms with Crippen LogP contribution in [0.1, 0.15) is 42.9 Å². The van der Waals surface area contributed by atoms with E-state index in [9.17, 15) is 4.79 Å². The van der Waals surface area contributed by atoms with Crippen molar-refractivity contribution in [1.82, 2.24) is 15.0 Å². The van der Waals surface area contributed by atoms with Gasteiger partial charge in [0, 0.05) is 6.54 Å². The zero-order valence-corrected chi connectivity index (χ0v) is 9.68. The van der Waals surface area contributed by atoms with Crippen molar-refractivity contribution in [3.63, 3.8) is 0 Å². The van der Waals surface area contributed by atoms with Crippen LogP contribution in [0.3, 0.4) is 0 Å². The van der Waals surface area contributed by atoms with Crippen LogP contribution in [0.2, 0.25) is 0 Å². The second kappa shape index (κ2) is 5.60. The van der Waals surface area contributed by atoms with E-state index < -0.39 is 5.91 Å². The van der Waals surface area contributed by atoms with Gasteiger partial charge in [-0.3, -0.25) is 4.79 Å². The molecule has 0 bridgehead atoms. The van der Waals surface area contributed by atoms with Crippen LogP contribution in [0.4, 0.5) is 0 Å². The number of carbonyl (C=O) groups excluding carboxylic acids is 1. The number of amides is 1. The first-order valence-corrected chi connectivity index (χ1v) is 5.46. The van der Waals surface area contributed by atoms with Crippen LogP contribution in [0, 0.1) is 0 Å². The molecule has 6 heteroatoms. The topological polar surface area (TPSA) is 94.0 Å². The van der Waals surface area contributed by atoms with Crippen molar-refractivity contribution in [1.29, 1.82) is 0 Å². The van der Waals surface area contributed by atoms with E-state index >= 15 is 0 Å². The van der Waals surface area contributed by atoms with Crippen molar-refractivity contribution in [2.75, 3.05) is 0 Å². The van der Waals surface area contributed by atoms with Gasteiger partial charge in [-0.15, -0.1) is 5.10 Å². The Morgan fingerprint density at radius 1 is 1.62 bits per heavy atom. The summed E-state index contributed by atoms with van der Waals surface area (Å²) >= 11 is 0. The average molecular weight is 226 g/mol. The average Bonchev–Trinajstić information content (AvgIpc) is 2.60. The van der Waals surface area contributed by atoms with E-state index in [1.165, 1.54) is 0 Å². The SMILES string of the molecule is CCc1c(C(N)=O)nnn1CCCC(C)O. The second-order valence-corrected chi connectivity index (χ2v) is 3.82. The molecule has 90 valence electrons. The number of rotatable bonds is 6. The minimum atomic E-state index is -0.543. The Hall–Kier alpha value is -1.43. The summed E-state index contributed by atoms with van der Waals surface area (Å²) in [6.45, 7) is 4.32. The molecule has 6 nitrogen and oxygen atoms in total. The lowest BCUT2D eigenvalue weighted by molar-refractivity contribution is 0.0994. The lowest BCUT2D eigenvalue weighted by Gasteiger charge is -2.06. The van der Waals surface area contributed by atoms with Gasteiger partial charge in [-0.2, -0.15) is 0 Å². The van der Waals surface area contributed by atoms with Gasteiger partial charge in [0.15, 0.2) is 5.69 Å². The number of aliphatic hydroxyl groups is 1. The normalized spacial score (nSPS) is 12.7. The number of nitrogens with zero attached hydrogens (tertiary/aromatic N) is 3. The predicted molar refractivity (Wildman–Crippen MR) is 58.8 cm³/mol. The molecule has 0 saturated carbocycles. The number of aliphatic hydroxyl groups excluding tert-OH is 1. The molecule has 0 aliphatic carbocycles. The molecule has 3 N–H and O–H groups in total. The first-order chi connectivity index (χ1) is 7.56. The molecule has 1 rings (SSSR count). The molecule has 1 heterocycles. The summed E-state index contributed by atoms with van der Waals surface area (Å²) in [5.74, 6) is -0.543. The number of hydrogen-bond acceptors (Lipinski definition) is 4. The van der Waals surface area contributed by atoms with Gasteiger partial charge in [0.25, 0.3) is 5.91 Å². The number of aryl methyl sites for hydroxylation is 1. The molecule has 1 atom stereocenters. The van der Waals surface area contributed by atoms with E-state index in [0.29, 0.717) is 19.4 Å². The number of carbonyl (C=O) groups is 1. The molecular formula is C10H18N4O2. The predicted octanol–water partition coefficient (Wildman–Crippen LogP) is 0.100. The Morgan fingerprint density at radius 2 is 2.31 bits per heavy atom. The third-order valence-electron chi connectivity index (χ3n) is 2.40. The minimum absolute atomic E-state index is 0.250. The molecule has 0 radical (unpaired) electrons. The van der Waals surface area contributed by atoms with Crippen LogP contribution in [-0.2, 0) is 13.0 Å². The third-order valence-corrected chi connectivity index (χ3v) is 2.40. The Kier molecular flexibility index (Phi) is 4.42. The highest BCUT2D eigenvalue weighted by atomic mass is 16.3. The molecule has 0 aliphatic rings. The third kappa shape index (κ3) is 3.03. The summed E-state index contributed by atoms with van der Waals surface area (Å²) in [6.07, 6.45) is 1.85. The van der Waals surface area contributed by atoms with Gasteiger partial charge < -0.3 is 10.8 Å². The van der Waals surface area contributed by atoms with Gasteiger partial charge in [-0.05, 0) is 26.2 Å². The first kappa shape index (κ1) is 12.6. The molecule has 1 amide bonds. The van der Waals surface area contributed by atoms with Crippen molar-refractivity contribution in [2.45, 2.75) is 45.8 Å². The van der Waals surface area contributed by atoms with Crippen LogP contribution in [0.5, 0.6) is 0 Å². The number of primary amides is 1. The lowest BCUT2D eigenvalue weighted by Crippen LogP contribution is -2.15. The van der Waals surface area contributed by atoms with E-state index in [1.54, 1.807) is 11.6 Å². The quantitative estimate of drug-likeness (QED) is 0.719. The summed E-state index contributed by atoms with van der Waals surface area (Å²) in [4.78, 5) is 11.0. The van der Waals surface area contributed by atoms with Crippen LogP contribution in [0.25, 0.3) is 0 Å². The van der Waals surface area contributed by atoms with Gasteiger partial charge in [-0.25, -0.2) is 4.68 Å². The molecule has 1 aromatic rings. The zero-order valence-electron chi connectivity index (χ0n) is 9.68. The maximum absolute atomic E-state index is 11.0. The lowest BCUT2D eigenvalue weighted by atomic mass is 10.2. The van der Waals surface area contributed by atoms with Crippen molar-refractivity contribution in [2.24, 2.45) is 5.73 Å². The van der Waals surface area contributed by atoms with Crippen LogP contribution < -0.4 is 5.73 Å². The molecule has 1 unspecified atom stereocenters. The van der Waals surface area contributed by atoms with E-state index in [4.69, 9.17) is 10.8 Å². The van der Waals surface area contributed by atoms with Gasteiger partial charge in [-0.1, -0.05) is 12.1 Å². The van der Waals surface area contributed by atoms with Gasteiger partial charge >= 0.3 is 0 Å². The molecule has 1 aromatic heterocycles. The van der Waals surface area contributed by atoms with Crippen molar-refractivity contribution >= 4 is 5.91 Å². The number of nitrogens with two attached hydrogens (primary N) is 1. The monoisotopic (exact) mass is 226 g/mol. The summed E-state index contributed by atoms with van der Waals surface area (Å²) in [7, 11) is 0. The van der Waals surface area contributed by atoms with E-state index in [0.717, 1.165) is 12.1 Å².